The summed E-state index contributed by atoms with van der Waals surface area (Å²) in [5.41, 5.74) is 2.60. The summed E-state index contributed by atoms with van der Waals surface area (Å²) >= 11 is 6.47. The number of nitrogens with one attached hydrogen (secondary N) is 1. The Bertz CT molecular complexity index is 1020. The molecule has 2 N–H and O–H groups in total. The highest BCUT2D eigenvalue weighted by Gasteiger charge is 2.15. The number of hydrogen-bond acceptors (Lipinski definition) is 7. The summed E-state index contributed by atoms with van der Waals surface area (Å²) in [6.07, 6.45) is 0.0672. The fourth-order valence-corrected chi connectivity index (χ4v) is 3.44. The predicted molar refractivity (Wildman–Crippen MR) is 125 cm³/mol. The Morgan fingerprint density at radius 2 is 1.78 bits per heavy atom. The van der Waals surface area contributed by atoms with E-state index in [-0.39, 0.29) is 12.5 Å². The first-order valence-electron chi connectivity index (χ1n) is 10.3. The quantitative estimate of drug-likeness (QED) is 0.424. The first-order chi connectivity index (χ1) is 15.5. The molecule has 1 aromatic heterocycles. The number of ether oxygens (including phenoxy) is 3. The van der Waals surface area contributed by atoms with E-state index < -0.39 is 6.10 Å². The van der Waals surface area contributed by atoms with E-state index >= 15 is 0 Å². The number of aliphatic hydroxyl groups excluding tert-OH is 1. The minimum absolute atomic E-state index is 0.0633. The van der Waals surface area contributed by atoms with Crippen molar-refractivity contribution in [1.82, 2.24) is 15.3 Å². The van der Waals surface area contributed by atoms with Crippen LogP contribution in [0.25, 0.3) is 11.3 Å². The lowest BCUT2D eigenvalue weighted by Crippen LogP contribution is -2.32. The number of hydrogen-bond donors (Lipinski definition) is 2. The Kier molecular flexibility index (Phi) is 8.67. The fourth-order valence-electron chi connectivity index (χ4n) is 3.19. The van der Waals surface area contributed by atoms with Crippen LogP contribution in [0.4, 0.5) is 0 Å². The Morgan fingerprint density at radius 3 is 2.50 bits per heavy atom. The van der Waals surface area contributed by atoms with Crippen LogP contribution in [0.5, 0.6) is 17.4 Å². The summed E-state index contributed by atoms with van der Waals surface area (Å²) in [6.45, 7) is 2.91. The van der Waals surface area contributed by atoms with Crippen LogP contribution in [0.1, 0.15) is 11.4 Å². The molecule has 170 valence electrons. The molecule has 8 heteroatoms. The first-order valence-corrected chi connectivity index (χ1v) is 10.7. The van der Waals surface area contributed by atoms with Gasteiger partial charge in [-0.15, -0.1) is 0 Å². The van der Waals surface area contributed by atoms with Crippen molar-refractivity contribution in [3.05, 3.63) is 64.9 Å². The van der Waals surface area contributed by atoms with Gasteiger partial charge in [-0.05, 0) is 37.6 Å². The van der Waals surface area contributed by atoms with Gasteiger partial charge in [0.1, 0.15) is 23.6 Å². The number of halogens is 1. The SMILES string of the molecule is COc1ccc(CCNCC(O)COc2nc(C)nc(-c3ccccc3)c2Cl)cc1OC. The van der Waals surface area contributed by atoms with Crippen LogP contribution in [0.3, 0.4) is 0 Å². The van der Waals surface area contributed by atoms with Crippen molar-refractivity contribution in [3.63, 3.8) is 0 Å². The number of benzene rings is 2. The number of aryl methyl sites for hydroxylation is 1. The van der Waals surface area contributed by atoms with Crippen LogP contribution in [0.2, 0.25) is 5.02 Å². The molecular formula is C24H28ClN3O4. The standard InChI is InChI=1S/C24H28ClN3O4/c1-16-27-23(18-7-5-4-6-8-18)22(25)24(28-16)32-15-19(29)14-26-12-11-17-9-10-20(30-2)21(13-17)31-3/h4-10,13,19,26,29H,11-12,14-15H2,1-3H3. The van der Waals surface area contributed by atoms with Crippen LogP contribution < -0.4 is 19.5 Å². The summed E-state index contributed by atoms with van der Waals surface area (Å²) in [4.78, 5) is 8.71. The number of aromatic nitrogens is 2. The van der Waals surface area contributed by atoms with Gasteiger partial charge in [-0.2, -0.15) is 4.98 Å². The average Bonchev–Trinajstić information content (AvgIpc) is 2.82. The lowest BCUT2D eigenvalue weighted by molar-refractivity contribution is 0.104. The van der Waals surface area contributed by atoms with Gasteiger partial charge in [0.15, 0.2) is 11.5 Å². The van der Waals surface area contributed by atoms with Gasteiger partial charge in [-0.3, -0.25) is 0 Å². The lowest BCUT2D eigenvalue weighted by Gasteiger charge is -2.15. The van der Waals surface area contributed by atoms with Gasteiger partial charge in [-0.25, -0.2) is 4.98 Å². The molecule has 0 amide bonds. The smallest absolute Gasteiger partial charge is 0.236 e. The van der Waals surface area contributed by atoms with Gasteiger partial charge in [0.2, 0.25) is 5.88 Å². The van der Waals surface area contributed by atoms with E-state index in [1.807, 2.05) is 48.5 Å². The molecule has 0 spiro atoms. The van der Waals surface area contributed by atoms with E-state index in [1.165, 1.54) is 0 Å². The molecule has 0 aliphatic rings. The molecule has 0 radical (unpaired) electrons. The topological polar surface area (TPSA) is 85.7 Å². The van der Waals surface area contributed by atoms with Crippen molar-refractivity contribution in [3.8, 4) is 28.6 Å². The van der Waals surface area contributed by atoms with E-state index in [2.05, 4.69) is 15.3 Å². The van der Waals surface area contributed by atoms with Crippen LogP contribution in [-0.4, -0.2) is 55.1 Å². The molecule has 0 bridgehead atoms. The predicted octanol–water partition coefficient (Wildman–Crippen LogP) is 3.69. The fraction of sp³-hybridized carbons (Fsp3) is 0.333. The third-order valence-electron chi connectivity index (χ3n) is 4.81. The molecule has 3 aromatic rings. The van der Waals surface area contributed by atoms with E-state index in [4.69, 9.17) is 25.8 Å². The molecule has 1 atom stereocenters. The molecule has 1 unspecified atom stereocenters. The van der Waals surface area contributed by atoms with Gasteiger partial charge in [0, 0.05) is 12.1 Å². The van der Waals surface area contributed by atoms with E-state index in [9.17, 15) is 5.11 Å². The van der Waals surface area contributed by atoms with Crippen molar-refractivity contribution in [2.75, 3.05) is 33.9 Å². The zero-order valence-corrected chi connectivity index (χ0v) is 19.2. The average molecular weight is 458 g/mol. The Labute approximate surface area is 193 Å². The molecule has 32 heavy (non-hydrogen) atoms. The highest BCUT2D eigenvalue weighted by atomic mass is 35.5. The summed E-state index contributed by atoms with van der Waals surface area (Å²) in [6, 6.07) is 15.4. The zero-order chi connectivity index (χ0) is 22.9. The molecule has 0 saturated heterocycles. The Balaban J connectivity index is 1.49. The van der Waals surface area contributed by atoms with Crippen molar-refractivity contribution in [1.29, 1.82) is 0 Å². The van der Waals surface area contributed by atoms with E-state index in [0.717, 1.165) is 17.5 Å². The monoisotopic (exact) mass is 457 g/mol. The van der Waals surface area contributed by atoms with Gasteiger partial charge in [-0.1, -0.05) is 48.0 Å². The molecule has 1 heterocycles. The Hall–Kier alpha value is -2.87. The van der Waals surface area contributed by atoms with Crippen molar-refractivity contribution < 1.29 is 19.3 Å². The van der Waals surface area contributed by atoms with Gasteiger partial charge < -0.3 is 24.6 Å². The van der Waals surface area contributed by atoms with Crippen LogP contribution in [-0.2, 0) is 6.42 Å². The van der Waals surface area contributed by atoms with Gasteiger partial charge in [0.05, 0.1) is 19.9 Å². The zero-order valence-electron chi connectivity index (χ0n) is 18.5. The largest absolute Gasteiger partial charge is 0.493 e. The van der Waals surface area contributed by atoms with E-state index in [0.29, 0.717) is 41.1 Å². The summed E-state index contributed by atoms with van der Waals surface area (Å²) in [5.74, 6) is 2.21. The van der Waals surface area contributed by atoms with E-state index in [1.54, 1.807) is 21.1 Å². The molecule has 0 aliphatic carbocycles. The maximum Gasteiger partial charge on any atom is 0.236 e. The van der Waals surface area contributed by atoms with Crippen molar-refractivity contribution >= 4 is 11.6 Å². The molecule has 0 saturated carbocycles. The maximum absolute atomic E-state index is 10.3. The summed E-state index contributed by atoms with van der Waals surface area (Å²) in [7, 11) is 3.23. The third-order valence-corrected chi connectivity index (χ3v) is 5.15. The lowest BCUT2D eigenvalue weighted by atomic mass is 10.1. The number of aliphatic hydroxyl groups is 1. The molecule has 0 aliphatic heterocycles. The number of rotatable bonds is 11. The van der Waals surface area contributed by atoms with Crippen LogP contribution in [0.15, 0.2) is 48.5 Å². The second-order valence-corrected chi connectivity index (χ2v) is 7.59. The van der Waals surface area contributed by atoms with Crippen molar-refractivity contribution in [2.24, 2.45) is 0 Å². The number of methoxy groups -OCH3 is 2. The van der Waals surface area contributed by atoms with Crippen molar-refractivity contribution in [2.45, 2.75) is 19.4 Å². The van der Waals surface area contributed by atoms with Gasteiger partial charge >= 0.3 is 0 Å². The minimum atomic E-state index is -0.716. The molecule has 7 nitrogen and oxygen atoms in total. The summed E-state index contributed by atoms with van der Waals surface area (Å²) in [5, 5.41) is 13.9. The van der Waals surface area contributed by atoms with Crippen LogP contribution in [0, 0.1) is 6.92 Å². The molecule has 0 fully saturated rings. The molecule has 3 rings (SSSR count). The maximum atomic E-state index is 10.3. The van der Waals surface area contributed by atoms with Crippen LogP contribution >= 0.6 is 11.6 Å². The first kappa shape index (κ1) is 23.8. The number of nitrogens with zero attached hydrogens (tertiary/aromatic N) is 2. The minimum Gasteiger partial charge on any atom is -0.493 e. The second-order valence-electron chi connectivity index (χ2n) is 7.21. The highest BCUT2D eigenvalue weighted by molar-refractivity contribution is 6.34. The second kappa shape index (κ2) is 11.7. The molecular weight excluding hydrogens is 430 g/mol. The third kappa shape index (κ3) is 6.32. The summed E-state index contributed by atoms with van der Waals surface area (Å²) < 4.78 is 16.3. The molecule has 2 aromatic carbocycles. The highest BCUT2D eigenvalue weighted by Crippen LogP contribution is 2.32. The van der Waals surface area contributed by atoms with Gasteiger partial charge in [0.25, 0.3) is 0 Å². The normalized spacial score (nSPS) is 11.8. The Morgan fingerprint density at radius 1 is 1.03 bits per heavy atom.